The summed E-state index contributed by atoms with van der Waals surface area (Å²) < 4.78 is 27.5. The molecular weight excluding hydrogens is 284 g/mol. The number of hydrogen-bond donors (Lipinski definition) is 1. The van der Waals surface area contributed by atoms with E-state index in [9.17, 15) is 8.42 Å². The van der Waals surface area contributed by atoms with Crippen molar-refractivity contribution in [1.29, 1.82) is 0 Å². The van der Waals surface area contributed by atoms with Crippen LogP contribution in [0.5, 0.6) is 0 Å². The van der Waals surface area contributed by atoms with E-state index in [1.54, 1.807) is 23.4 Å². The van der Waals surface area contributed by atoms with Gasteiger partial charge in [0.25, 0.3) is 0 Å². The minimum absolute atomic E-state index is 0.399. The Balaban J connectivity index is 2.26. The number of aryl methyl sites for hydroxylation is 1. The van der Waals surface area contributed by atoms with Crippen LogP contribution in [0.25, 0.3) is 0 Å². The predicted octanol–water partition coefficient (Wildman–Crippen LogP) is 3.09. The van der Waals surface area contributed by atoms with E-state index in [1.165, 1.54) is 12.8 Å². The summed E-state index contributed by atoms with van der Waals surface area (Å²) in [5.74, 6) is 0.671. The number of sulfonamides is 1. The van der Waals surface area contributed by atoms with Crippen LogP contribution in [0.3, 0.4) is 0 Å². The maximum atomic E-state index is 12.9. The van der Waals surface area contributed by atoms with Gasteiger partial charge in [-0.05, 0) is 49.8 Å². The zero-order valence-corrected chi connectivity index (χ0v) is 14.0. The van der Waals surface area contributed by atoms with Crippen molar-refractivity contribution >= 4 is 15.7 Å². The maximum Gasteiger partial charge on any atom is 0.243 e. The Morgan fingerprint density at radius 1 is 1.24 bits per heavy atom. The SMILES string of the molecule is CCCC1CCN(S(=O)(=O)c2c(C)ccc(N)c2C)CC1. The molecule has 1 aliphatic rings. The number of nitrogens with two attached hydrogens (primary N) is 1. The monoisotopic (exact) mass is 310 g/mol. The Kier molecular flexibility index (Phi) is 4.94. The lowest BCUT2D eigenvalue weighted by molar-refractivity contribution is 0.262. The fraction of sp³-hybridized carbons (Fsp3) is 0.625. The van der Waals surface area contributed by atoms with Crippen molar-refractivity contribution < 1.29 is 8.42 Å². The number of nitrogen functional groups attached to an aromatic ring is 1. The largest absolute Gasteiger partial charge is 0.398 e. The Morgan fingerprint density at radius 3 is 2.43 bits per heavy atom. The molecule has 0 aromatic heterocycles. The summed E-state index contributed by atoms with van der Waals surface area (Å²) in [4.78, 5) is 0.399. The van der Waals surface area contributed by atoms with Crippen LogP contribution in [0.2, 0.25) is 0 Å². The highest BCUT2D eigenvalue weighted by atomic mass is 32.2. The predicted molar refractivity (Wildman–Crippen MR) is 86.7 cm³/mol. The van der Waals surface area contributed by atoms with Crippen LogP contribution in [0.4, 0.5) is 5.69 Å². The van der Waals surface area contributed by atoms with E-state index in [2.05, 4.69) is 6.92 Å². The van der Waals surface area contributed by atoms with E-state index < -0.39 is 10.0 Å². The smallest absolute Gasteiger partial charge is 0.243 e. The average molecular weight is 310 g/mol. The topological polar surface area (TPSA) is 63.4 Å². The Morgan fingerprint density at radius 2 is 1.86 bits per heavy atom. The second-order valence-electron chi connectivity index (χ2n) is 6.06. The van der Waals surface area contributed by atoms with Crippen molar-refractivity contribution in [2.75, 3.05) is 18.8 Å². The molecule has 2 rings (SSSR count). The van der Waals surface area contributed by atoms with E-state index in [1.807, 2.05) is 6.92 Å². The molecule has 1 aliphatic heterocycles. The summed E-state index contributed by atoms with van der Waals surface area (Å²) in [6.07, 6.45) is 4.30. The van der Waals surface area contributed by atoms with Crippen LogP contribution < -0.4 is 5.73 Å². The van der Waals surface area contributed by atoms with Crippen molar-refractivity contribution in [3.8, 4) is 0 Å². The molecule has 1 fully saturated rings. The maximum absolute atomic E-state index is 12.9. The zero-order chi connectivity index (χ0) is 15.6. The van der Waals surface area contributed by atoms with Gasteiger partial charge in [-0.15, -0.1) is 0 Å². The molecule has 0 saturated carbocycles. The first-order chi connectivity index (χ1) is 9.87. The van der Waals surface area contributed by atoms with Crippen LogP contribution in [0, 0.1) is 19.8 Å². The summed E-state index contributed by atoms with van der Waals surface area (Å²) in [5, 5.41) is 0. The van der Waals surface area contributed by atoms with Crippen LogP contribution in [0.15, 0.2) is 17.0 Å². The van der Waals surface area contributed by atoms with Gasteiger partial charge in [0, 0.05) is 18.8 Å². The molecule has 4 nitrogen and oxygen atoms in total. The number of anilines is 1. The second-order valence-corrected chi connectivity index (χ2v) is 7.94. The minimum atomic E-state index is -3.43. The summed E-state index contributed by atoms with van der Waals surface area (Å²) in [5.41, 5.74) is 7.88. The Labute approximate surface area is 128 Å². The molecule has 1 saturated heterocycles. The molecule has 1 aromatic rings. The Hall–Kier alpha value is -1.07. The second kappa shape index (κ2) is 6.36. The third-order valence-electron chi connectivity index (χ3n) is 4.51. The number of rotatable bonds is 4. The highest BCUT2D eigenvalue weighted by Gasteiger charge is 2.31. The molecule has 5 heteroatoms. The fourth-order valence-corrected chi connectivity index (χ4v) is 5.14. The molecule has 1 aromatic carbocycles. The van der Waals surface area contributed by atoms with Crippen LogP contribution in [-0.4, -0.2) is 25.8 Å². The lowest BCUT2D eigenvalue weighted by Gasteiger charge is -2.32. The standard InChI is InChI=1S/C16H26N2O2S/c1-4-5-14-8-10-18(11-9-14)21(19,20)16-12(2)6-7-15(17)13(16)3/h6-7,14H,4-5,8-11,17H2,1-3H3. The summed E-state index contributed by atoms with van der Waals surface area (Å²) in [7, 11) is -3.43. The van der Waals surface area contributed by atoms with Gasteiger partial charge in [0.2, 0.25) is 10.0 Å². The first kappa shape index (κ1) is 16.3. The molecule has 0 unspecified atom stereocenters. The van der Waals surface area contributed by atoms with Gasteiger partial charge in [0.1, 0.15) is 0 Å². The van der Waals surface area contributed by atoms with Crippen LogP contribution >= 0.6 is 0 Å². The summed E-state index contributed by atoms with van der Waals surface area (Å²) >= 11 is 0. The average Bonchev–Trinajstić information content (AvgIpc) is 2.44. The number of nitrogens with zero attached hydrogens (tertiary/aromatic N) is 1. The third kappa shape index (κ3) is 3.24. The molecule has 1 heterocycles. The number of piperidine rings is 1. The summed E-state index contributed by atoms with van der Waals surface area (Å²) in [6.45, 7) is 7.06. The van der Waals surface area contributed by atoms with Gasteiger partial charge in [0.05, 0.1) is 4.90 Å². The van der Waals surface area contributed by atoms with E-state index in [-0.39, 0.29) is 0 Å². The van der Waals surface area contributed by atoms with Crippen LogP contribution in [0.1, 0.15) is 43.7 Å². The highest BCUT2D eigenvalue weighted by Crippen LogP contribution is 2.31. The van der Waals surface area contributed by atoms with E-state index in [4.69, 9.17) is 5.73 Å². The molecule has 0 amide bonds. The van der Waals surface area contributed by atoms with Gasteiger partial charge in [-0.3, -0.25) is 0 Å². The van der Waals surface area contributed by atoms with Gasteiger partial charge < -0.3 is 5.73 Å². The molecule has 21 heavy (non-hydrogen) atoms. The van der Waals surface area contributed by atoms with Crippen molar-refractivity contribution in [2.24, 2.45) is 5.92 Å². The van der Waals surface area contributed by atoms with E-state index >= 15 is 0 Å². The highest BCUT2D eigenvalue weighted by molar-refractivity contribution is 7.89. The van der Waals surface area contributed by atoms with Gasteiger partial charge in [0.15, 0.2) is 0 Å². The van der Waals surface area contributed by atoms with Crippen molar-refractivity contribution in [3.63, 3.8) is 0 Å². The van der Waals surface area contributed by atoms with E-state index in [0.29, 0.717) is 35.2 Å². The van der Waals surface area contributed by atoms with Gasteiger partial charge in [-0.1, -0.05) is 25.8 Å². The van der Waals surface area contributed by atoms with Gasteiger partial charge in [-0.2, -0.15) is 4.31 Å². The molecule has 0 radical (unpaired) electrons. The summed E-state index contributed by atoms with van der Waals surface area (Å²) in [6, 6.07) is 3.57. The number of benzene rings is 1. The first-order valence-electron chi connectivity index (χ1n) is 7.73. The van der Waals surface area contributed by atoms with Crippen LogP contribution in [-0.2, 0) is 10.0 Å². The molecule has 2 N–H and O–H groups in total. The molecule has 0 aliphatic carbocycles. The molecule has 0 spiro atoms. The third-order valence-corrected chi connectivity index (χ3v) is 6.70. The lowest BCUT2D eigenvalue weighted by atomic mass is 9.94. The Bertz CT molecular complexity index is 603. The number of hydrogen-bond acceptors (Lipinski definition) is 3. The molecule has 0 bridgehead atoms. The van der Waals surface area contributed by atoms with Gasteiger partial charge in [-0.25, -0.2) is 8.42 Å². The quantitative estimate of drug-likeness (QED) is 0.869. The minimum Gasteiger partial charge on any atom is -0.398 e. The van der Waals surface area contributed by atoms with Gasteiger partial charge >= 0.3 is 0 Å². The molecule has 0 atom stereocenters. The zero-order valence-electron chi connectivity index (χ0n) is 13.2. The normalized spacial score (nSPS) is 18.0. The molecule has 118 valence electrons. The van der Waals surface area contributed by atoms with Crippen molar-refractivity contribution in [2.45, 2.75) is 51.3 Å². The van der Waals surface area contributed by atoms with Crippen molar-refractivity contribution in [1.82, 2.24) is 4.31 Å². The first-order valence-corrected chi connectivity index (χ1v) is 9.17. The molecular formula is C16H26N2O2S. The van der Waals surface area contributed by atoms with E-state index in [0.717, 1.165) is 18.4 Å². The lowest BCUT2D eigenvalue weighted by Crippen LogP contribution is -2.39. The fourth-order valence-electron chi connectivity index (χ4n) is 3.21. The van der Waals surface area contributed by atoms with Crippen molar-refractivity contribution in [3.05, 3.63) is 23.3 Å².